The van der Waals surface area contributed by atoms with Gasteiger partial charge in [-0.3, -0.25) is 10.1 Å². The molecule has 0 aliphatic rings. The third-order valence-electron chi connectivity index (χ3n) is 2.12. The van der Waals surface area contributed by atoms with Gasteiger partial charge in [-0.15, -0.1) is 11.8 Å². The number of non-ortho nitro benzene ring substituents is 1. The van der Waals surface area contributed by atoms with E-state index in [1.807, 2.05) is 6.26 Å². The fraction of sp³-hybridized carbons (Fsp3) is 0.300. The molecule has 5 heteroatoms. The SMILES string of the molecule is CSc1ccc([N+](=O)[O-])cc1C(C)C=O. The number of nitrogens with zero attached hydrogens (tertiary/aromatic N) is 1. The number of carbonyl (C=O) groups is 1. The number of thioether (sulfide) groups is 1. The summed E-state index contributed by atoms with van der Waals surface area (Å²) in [6.07, 6.45) is 2.67. The van der Waals surface area contributed by atoms with E-state index in [0.717, 1.165) is 11.2 Å². The maximum Gasteiger partial charge on any atom is 0.269 e. The molecule has 0 amide bonds. The number of hydrogen-bond acceptors (Lipinski definition) is 4. The summed E-state index contributed by atoms with van der Waals surface area (Å²) in [6.45, 7) is 1.73. The number of benzene rings is 1. The number of nitro benzene ring substituents is 1. The fourth-order valence-electron chi connectivity index (χ4n) is 1.26. The van der Waals surface area contributed by atoms with Crippen LogP contribution in [0.4, 0.5) is 5.69 Å². The van der Waals surface area contributed by atoms with Gasteiger partial charge in [0, 0.05) is 22.9 Å². The Balaban J connectivity index is 3.24. The third kappa shape index (κ3) is 2.56. The van der Waals surface area contributed by atoms with E-state index in [0.29, 0.717) is 5.56 Å². The van der Waals surface area contributed by atoms with Crippen LogP contribution in [0.3, 0.4) is 0 Å². The number of carbonyl (C=O) groups excluding carboxylic acids is 1. The van der Waals surface area contributed by atoms with Crippen LogP contribution in [-0.2, 0) is 4.79 Å². The van der Waals surface area contributed by atoms with Crippen molar-refractivity contribution in [1.82, 2.24) is 0 Å². The van der Waals surface area contributed by atoms with Gasteiger partial charge in [-0.2, -0.15) is 0 Å². The van der Waals surface area contributed by atoms with Crippen molar-refractivity contribution in [2.75, 3.05) is 6.26 Å². The average molecular weight is 225 g/mol. The molecule has 0 aliphatic heterocycles. The first-order valence-electron chi connectivity index (χ1n) is 4.37. The van der Waals surface area contributed by atoms with Crippen LogP contribution in [0.1, 0.15) is 18.4 Å². The lowest BCUT2D eigenvalue weighted by atomic mass is 10.0. The largest absolute Gasteiger partial charge is 0.303 e. The van der Waals surface area contributed by atoms with Crippen LogP contribution in [0.5, 0.6) is 0 Å². The summed E-state index contributed by atoms with van der Waals surface area (Å²) in [4.78, 5) is 21.7. The molecular formula is C10H11NO3S. The van der Waals surface area contributed by atoms with E-state index in [1.54, 1.807) is 13.0 Å². The molecule has 1 unspecified atom stereocenters. The zero-order chi connectivity index (χ0) is 11.4. The Labute approximate surface area is 91.8 Å². The highest BCUT2D eigenvalue weighted by molar-refractivity contribution is 7.98. The third-order valence-corrected chi connectivity index (χ3v) is 2.93. The predicted octanol–water partition coefficient (Wildman–Crippen LogP) is 2.62. The number of nitro groups is 1. The van der Waals surface area contributed by atoms with Crippen LogP contribution >= 0.6 is 11.8 Å². The molecule has 0 N–H and O–H groups in total. The van der Waals surface area contributed by atoms with E-state index in [-0.39, 0.29) is 11.6 Å². The van der Waals surface area contributed by atoms with Gasteiger partial charge in [0.1, 0.15) is 6.29 Å². The first-order chi connectivity index (χ1) is 7.10. The van der Waals surface area contributed by atoms with E-state index in [9.17, 15) is 14.9 Å². The molecule has 0 saturated carbocycles. The van der Waals surface area contributed by atoms with Gasteiger partial charge < -0.3 is 4.79 Å². The molecule has 1 aromatic rings. The fourth-order valence-corrected chi connectivity index (χ4v) is 1.95. The van der Waals surface area contributed by atoms with Crippen LogP contribution in [0, 0.1) is 10.1 Å². The van der Waals surface area contributed by atoms with Crippen molar-refractivity contribution in [3.8, 4) is 0 Å². The van der Waals surface area contributed by atoms with E-state index in [1.165, 1.54) is 23.9 Å². The Hall–Kier alpha value is -1.36. The number of rotatable bonds is 4. The van der Waals surface area contributed by atoms with Gasteiger partial charge in [-0.05, 0) is 17.9 Å². The topological polar surface area (TPSA) is 60.2 Å². The summed E-state index contributed by atoms with van der Waals surface area (Å²) in [5.41, 5.74) is 0.739. The molecular weight excluding hydrogens is 214 g/mol. The first-order valence-corrected chi connectivity index (χ1v) is 5.60. The molecule has 0 saturated heterocycles. The molecule has 4 nitrogen and oxygen atoms in total. The average Bonchev–Trinajstić information content (AvgIpc) is 2.27. The zero-order valence-corrected chi connectivity index (χ0v) is 9.28. The summed E-state index contributed by atoms with van der Waals surface area (Å²) in [5.74, 6) is -0.313. The molecule has 1 atom stereocenters. The lowest BCUT2D eigenvalue weighted by Crippen LogP contribution is -1.98. The van der Waals surface area contributed by atoms with Gasteiger partial charge in [-0.25, -0.2) is 0 Å². The monoisotopic (exact) mass is 225 g/mol. The molecule has 1 rings (SSSR count). The second-order valence-corrected chi connectivity index (χ2v) is 3.96. The van der Waals surface area contributed by atoms with Crippen LogP contribution in [0.2, 0.25) is 0 Å². The summed E-state index contributed by atoms with van der Waals surface area (Å²) >= 11 is 1.48. The smallest absolute Gasteiger partial charge is 0.269 e. The highest BCUT2D eigenvalue weighted by Crippen LogP contribution is 2.29. The maximum atomic E-state index is 10.7. The second-order valence-electron chi connectivity index (χ2n) is 3.11. The van der Waals surface area contributed by atoms with Crippen LogP contribution < -0.4 is 0 Å². The summed E-state index contributed by atoms with van der Waals surface area (Å²) in [7, 11) is 0. The molecule has 15 heavy (non-hydrogen) atoms. The lowest BCUT2D eigenvalue weighted by molar-refractivity contribution is -0.385. The van der Waals surface area contributed by atoms with Crippen molar-refractivity contribution in [3.63, 3.8) is 0 Å². The van der Waals surface area contributed by atoms with E-state index in [4.69, 9.17) is 0 Å². The molecule has 0 bridgehead atoms. The van der Waals surface area contributed by atoms with Crippen molar-refractivity contribution in [1.29, 1.82) is 0 Å². The molecule has 0 spiro atoms. The Kier molecular flexibility index (Phi) is 3.85. The minimum absolute atomic E-state index is 0.0245. The van der Waals surface area contributed by atoms with Gasteiger partial charge in [0.25, 0.3) is 5.69 Å². The van der Waals surface area contributed by atoms with Gasteiger partial charge in [-0.1, -0.05) is 6.92 Å². The van der Waals surface area contributed by atoms with Gasteiger partial charge in [0.2, 0.25) is 0 Å². The number of aldehydes is 1. The van der Waals surface area contributed by atoms with Gasteiger partial charge in [0.05, 0.1) is 4.92 Å². The summed E-state index contributed by atoms with van der Waals surface area (Å²) in [6, 6.07) is 4.59. The Bertz CT molecular complexity index is 392. The zero-order valence-electron chi connectivity index (χ0n) is 8.47. The standard InChI is InChI=1S/C10H11NO3S/c1-7(6-12)9-5-8(11(13)14)3-4-10(9)15-2/h3-7H,1-2H3. The second kappa shape index (κ2) is 4.93. The van der Waals surface area contributed by atoms with Crippen LogP contribution in [0.15, 0.2) is 23.1 Å². The molecule has 0 aliphatic carbocycles. The van der Waals surface area contributed by atoms with Crippen LogP contribution in [0.25, 0.3) is 0 Å². The van der Waals surface area contributed by atoms with Crippen molar-refractivity contribution in [3.05, 3.63) is 33.9 Å². The molecule has 1 aromatic carbocycles. The summed E-state index contributed by atoms with van der Waals surface area (Å²) < 4.78 is 0. The van der Waals surface area contributed by atoms with Gasteiger partial charge >= 0.3 is 0 Å². The van der Waals surface area contributed by atoms with E-state index >= 15 is 0 Å². The molecule has 0 fully saturated rings. The van der Waals surface area contributed by atoms with Crippen molar-refractivity contribution >= 4 is 23.7 Å². The lowest BCUT2D eigenvalue weighted by Gasteiger charge is -2.09. The Morgan fingerprint density at radius 2 is 2.20 bits per heavy atom. The molecule has 0 heterocycles. The van der Waals surface area contributed by atoms with Crippen molar-refractivity contribution < 1.29 is 9.72 Å². The highest BCUT2D eigenvalue weighted by Gasteiger charge is 2.14. The van der Waals surface area contributed by atoms with Gasteiger partial charge in [0.15, 0.2) is 0 Å². The van der Waals surface area contributed by atoms with Crippen molar-refractivity contribution in [2.24, 2.45) is 0 Å². The quantitative estimate of drug-likeness (QED) is 0.342. The number of hydrogen-bond donors (Lipinski definition) is 0. The van der Waals surface area contributed by atoms with Crippen LogP contribution in [-0.4, -0.2) is 17.5 Å². The minimum Gasteiger partial charge on any atom is -0.303 e. The Morgan fingerprint density at radius 1 is 1.53 bits per heavy atom. The van der Waals surface area contributed by atoms with E-state index in [2.05, 4.69) is 0 Å². The Morgan fingerprint density at radius 3 is 2.67 bits per heavy atom. The van der Waals surface area contributed by atoms with Crippen molar-refractivity contribution in [2.45, 2.75) is 17.7 Å². The molecule has 80 valence electrons. The predicted molar refractivity (Wildman–Crippen MR) is 59.4 cm³/mol. The summed E-state index contributed by atoms with van der Waals surface area (Å²) in [5, 5.41) is 10.6. The van der Waals surface area contributed by atoms with E-state index < -0.39 is 4.92 Å². The molecule has 0 aromatic heterocycles. The molecule has 0 radical (unpaired) electrons. The minimum atomic E-state index is -0.453. The normalized spacial score (nSPS) is 12.1. The highest BCUT2D eigenvalue weighted by atomic mass is 32.2. The first kappa shape index (κ1) is 11.7. The maximum absolute atomic E-state index is 10.7.